The number of piperazine rings is 1. The lowest BCUT2D eigenvalue weighted by Gasteiger charge is -2.50. The number of ketones is 1. The molecule has 0 amide bonds. The molecule has 1 saturated heterocycles. The average Bonchev–Trinajstić information content (AvgIpc) is 2.73. The first kappa shape index (κ1) is 22.4. The van der Waals surface area contributed by atoms with Crippen molar-refractivity contribution in [1.82, 2.24) is 9.21 Å². The van der Waals surface area contributed by atoms with Crippen molar-refractivity contribution in [3.63, 3.8) is 0 Å². The summed E-state index contributed by atoms with van der Waals surface area (Å²) in [5.41, 5.74) is 1.98. The van der Waals surface area contributed by atoms with Gasteiger partial charge in [-0.25, -0.2) is 8.42 Å². The van der Waals surface area contributed by atoms with E-state index in [1.54, 1.807) is 4.31 Å². The first-order chi connectivity index (χ1) is 13.9. The van der Waals surface area contributed by atoms with Crippen molar-refractivity contribution in [2.75, 3.05) is 31.9 Å². The third-order valence-corrected chi connectivity index (χ3v) is 8.78. The van der Waals surface area contributed by atoms with Gasteiger partial charge < -0.3 is 0 Å². The number of Topliss-reactive ketones (excluding diaryl/α,β-unsaturated/α-hetero) is 1. The van der Waals surface area contributed by atoms with Crippen LogP contribution in [0.5, 0.6) is 0 Å². The summed E-state index contributed by atoms with van der Waals surface area (Å²) in [4.78, 5) is 15.3. The molecule has 5 nitrogen and oxygen atoms in total. The second-order valence-electron chi connectivity index (χ2n) is 8.78. The fraction of sp³-hybridized carbons (Fsp3) is 0.696. The lowest BCUT2D eigenvalue weighted by Crippen LogP contribution is -2.58. The van der Waals surface area contributed by atoms with Crippen molar-refractivity contribution in [2.45, 2.75) is 70.8 Å². The summed E-state index contributed by atoms with van der Waals surface area (Å²) < 4.78 is 26.5. The molecule has 0 radical (unpaired) electrons. The standard InChI is InChI=1S/C23H36N2O3S/c1-3-18-29(27,28)25-16-14-24(15-17-25)23(11-5-4-6-12-23)13-10-22(26)21-9-7-8-20(2)19-21/h7-9,19H,3-6,10-18H2,1-2H3. The molecule has 1 aliphatic carbocycles. The van der Waals surface area contributed by atoms with Gasteiger partial charge in [-0.2, -0.15) is 4.31 Å². The zero-order chi connectivity index (χ0) is 20.9. The molecule has 1 aliphatic heterocycles. The number of carbonyl (C=O) groups excluding carboxylic acids is 1. The van der Waals surface area contributed by atoms with E-state index in [1.807, 2.05) is 38.1 Å². The highest BCUT2D eigenvalue weighted by Gasteiger charge is 2.40. The Morgan fingerprint density at radius 3 is 2.38 bits per heavy atom. The molecule has 1 saturated carbocycles. The van der Waals surface area contributed by atoms with Gasteiger partial charge >= 0.3 is 0 Å². The van der Waals surface area contributed by atoms with Gasteiger partial charge in [-0.3, -0.25) is 9.69 Å². The molecule has 0 unspecified atom stereocenters. The molecule has 6 heteroatoms. The van der Waals surface area contributed by atoms with Gasteiger partial charge in [0.15, 0.2) is 5.78 Å². The van der Waals surface area contributed by atoms with E-state index in [0.29, 0.717) is 25.9 Å². The molecule has 0 aromatic heterocycles. The Hall–Kier alpha value is -1.24. The highest BCUT2D eigenvalue weighted by Crippen LogP contribution is 2.38. The predicted molar refractivity (Wildman–Crippen MR) is 118 cm³/mol. The molecule has 29 heavy (non-hydrogen) atoms. The van der Waals surface area contributed by atoms with E-state index in [2.05, 4.69) is 4.90 Å². The summed E-state index contributed by atoms with van der Waals surface area (Å²) in [6, 6.07) is 7.87. The maximum Gasteiger partial charge on any atom is 0.214 e. The molecular formula is C23H36N2O3S. The second-order valence-corrected chi connectivity index (χ2v) is 10.9. The van der Waals surface area contributed by atoms with Crippen LogP contribution in [0.15, 0.2) is 24.3 Å². The minimum absolute atomic E-state index is 0.0539. The van der Waals surface area contributed by atoms with Crippen LogP contribution < -0.4 is 0 Å². The molecule has 2 aliphatic rings. The van der Waals surface area contributed by atoms with E-state index in [-0.39, 0.29) is 17.1 Å². The molecule has 0 N–H and O–H groups in total. The van der Waals surface area contributed by atoms with Crippen molar-refractivity contribution >= 4 is 15.8 Å². The molecule has 0 spiro atoms. The first-order valence-electron chi connectivity index (χ1n) is 11.2. The van der Waals surface area contributed by atoms with E-state index in [9.17, 15) is 13.2 Å². The van der Waals surface area contributed by atoms with Crippen molar-refractivity contribution in [2.24, 2.45) is 0 Å². The Bertz CT molecular complexity index is 792. The maximum absolute atomic E-state index is 12.8. The van der Waals surface area contributed by atoms with Crippen molar-refractivity contribution in [1.29, 1.82) is 0 Å². The third-order valence-electron chi connectivity index (χ3n) is 6.71. The summed E-state index contributed by atoms with van der Waals surface area (Å²) >= 11 is 0. The fourth-order valence-corrected chi connectivity index (χ4v) is 6.56. The summed E-state index contributed by atoms with van der Waals surface area (Å²) in [6.45, 7) is 6.65. The van der Waals surface area contributed by atoms with Crippen LogP contribution >= 0.6 is 0 Å². The average molecular weight is 421 g/mol. The Morgan fingerprint density at radius 2 is 1.76 bits per heavy atom. The van der Waals surface area contributed by atoms with Crippen LogP contribution in [0.1, 0.15) is 74.2 Å². The molecule has 0 atom stereocenters. The second kappa shape index (κ2) is 9.71. The van der Waals surface area contributed by atoms with Crippen LogP contribution in [0.2, 0.25) is 0 Å². The zero-order valence-corrected chi connectivity index (χ0v) is 18.8. The Balaban J connectivity index is 1.65. The molecule has 2 fully saturated rings. The number of rotatable bonds is 8. The van der Waals surface area contributed by atoms with E-state index < -0.39 is 10.0 Å². The quantitative estimate of drug-likeness (QED) is 0.596. The van der Waals surface area contributed by atoms with E-state index in [1.165, 1.54) is 19.3 Å². The Morgan fingerprint density at radius 1 is 1.07 bits per heavy atom. The number of nitrogens with zero attached hydrogens (tertiary/aromatic N) is 2. The first-order valence-corrected chi connectivity index (χ1v) is 12.8. The highest BCUT2D eigenvalue weighted by atomic mass is 32.2. The molecule has 3 rings (SSSR count). The lowest BCUT2D eigenvalue weighted by molar-refractivity contribution is 0.0165. The summed E-state index contributed by atoms with van der Waals surface area (Å²) in [5.74, 6) is 0.464. The molecule has 1 aromatic carbocycles. The normalized spacial score (nSPS) is 21.2. The Kier molecular flexibility index (Phi) is 7.52. The van der Waals surface area contributed by atoms with Crippen molar-refractivity contribution in [3.05, 3.63) is 35.4 Å². The van der Waals surface area contributed by atoms with Crippen molar-refractivity contribution < 1.29 is 13.2 Å². The molecular weight excluding hydrogens is 384 g/mol. The molecule has 1 heterocycles. The van der Waals surface area contributed by atoms with Gasteiger partial charge in [0.25, 0.3) is 0 Å². The van der Waals surface area contributed by atoms with E-state index in [0.717, 1.165) is 43.5 Å². The zero-order valence-electron chi connectivity index (χ0n) is 18.0. The van der Waals surface area contributed by atoms with Crippen molar-refractivity contribution in [3.8, 4) is 0 Å². The summed E-state index contributed by atoms with van der Waals surface area (Å²) in [5, 5.41) is 0. The number of carbonyl (C=O) groups is 1. The lowest BCUT2D eigenvalue weighted by atomic mass is 9.76. The minimum atomic E-state index is -3.12. The third kappa shape index (κ3) is 5.47. The molecule has 0 bridgehead atoms. The van der Waals surface area contributed by atoms with Crippen LogP contribution in [0.4, 0.5) is 0 Å². The van der Waals surface area contributed by atoms with Gasteiger partial charge in [-0.05, 0) is 38.7 Å². The maximum atomic E-state index is 12.8. The van der Waals surface area contributed by atoms with Gasteiger partial charge in [0, 0.05) is 43.7 Å². The number of aryl methyl sites for hydroxylation is 1. The van der Waals surface area contributed by atoms with Crippen LogP contribution in [-0.4, -0.2) is 60.9 Å². The van der Waals surface area contributed by atoms with E-state index in [4.69, 9.17) is 0 Å². The monoisotopic (exact) mass is 420 g/mol. The van der Waals surface area contributed by atoms with Crippen LogP contribution in [0, 0.1) is 6.92 Å². The number of benzene rings is 1. The minimum Gasteiger partial charge on any atom is -0.295 e. The Labute approximate surface area is 176 Å². The van der Waals surface area contributed by atoms with Gasteiger partial charge in [0.1, 0.15) is 0 Å². The largest absolute Gasteiger partial charge is 0.295 e. The topological polar surface area (TPSA) is 57.7 Å². The van der Waals surface area contributed by atoms with Crippen LogP contribution in [0.25, 0.3) is 0 Å². The fourth-order valence-electron chi connectivity index (χ4n) is 5.07. The predicted octanol–water partition coefficient (Wildman–Crippen LogP) is 4.02. The van der Waals surface area contributed by atoms with Gasteiger partial charge in [0.2, 0.25) is 10.0 Å². The number of sulfonamides is 1. The van der Waals surface area contributed by atoms with Gasteiger partial charge in [-0.1, -0.05) is 49.9 Å². The summed E-state index contributed by atoms with van der Waals surface area (Å²) in [7, 11) is -3.12. The molecule has 162 valence electrons. The van der Waals surface area contributed by atoms with Crippen LogP contribution in [-0.2, 0) is 10.0 Å². The van der Waals surface area contributed by atoms with Crippen LogP contribution in [0.3, 0.4) is 0 Å². The smallest absolute Gasteiger partial charge is 0.214 e. The highest BCUT2D eigenvalue weighted by molar-refractivity contribution is 7.89. The SMILES string of the molecule is CCCS(=O)(=O)N1CCN(C2(CCC(=O)c3cccc(C)c3)CCCCC2)CC1. The molecule has 1 aromatic rings. The van der Waals surface area contributed by atoms with E-state index >= 15 is 0 Å². The van der Waals surface area contributed by atoms with Gasteiger partial charge in [0.05, 0.1) is 5.75 Å². The summed E-state index contributed by atoms with van der Waals surface area (Å²) in [6.07, 6.45) is 8.01. The number of hydrogen-bond acceptors (Lipinski definition) is 4. The van der Waals surface area contributed by atoms with Gasteiger partial charge in [-0.15, -0.1) is 0 Å². The number of hydrogen-bond donors (Lipinski definition) is 0.